The van der Waals surface area contributed by atoms with Crippen LogP contribution in [0.4, 0.5) is 0 Å². The summed E-state index contributed by atoms with van der Waals surface area (Å²) >= 11 is 0. The van der Waals surface area contributed by atoms with Gasteiger partial charge in [-0.15, -0.1) is 0 Å². The molecule has 1 heterocycles. The standard InChI is InChI=1S/C9H6O2/c10-5-7-6-11-9-4-2-1-3-8(7)9/h1-4H,6H2. The number of hydrogen-bond acceptors (Lipinski definition) is 2. The summed E-state index contributed by atoms with van der Waals surface area (Å²) in [5.41, 5.74) is 1.49. The van der Waals surface area contributed by atoms with Crippen molar-refractivity contribution in [1.29, 1.82) is 0 Å². The Morgan fingerprint density at radius 2 is 2.18 bits per heavy atom. The van der Waals surface area contributed by atoms with Crippen molar-refractivity contribution < 1.29 is 9.53 Å². The third-order valence-electron chi connectivity index (χ3n) is 1.71. The van der Waals surface area contributed by atoms with Crippen molar-refractivity contribution >= 4 is 11.5 Å². The van der Waals surface area contributed by atoms with Crippen LogP contribution in [0.25, 0.3) is 5.57 Å². The van der Waals surface area contributed by atoms with Gasteiger partial charge >= 0.3 is 0 Å². The van der Waals surface area contributed by atoms with E-state index in [1.54, 1.807) is 0 Å². The van der Waals surface area contributed by atoms with Gasteiger partial charge in [0.2, 0.25) is 0 Å². The Labute approximate surface area is 64.1 Å². The van der Waals surface area contributed by atoms with Gasteiger partial charge in [-0.3, -0.25) is 0 Å². The second-order valence-electron chi connectivity index (χ2n) is 2.37. The first kappa shape index (κ1) is 6.20. The van der Waals surface area contributed by atoms with Gasteiger partial charge in [0.15, 0.2) is 0 Å². The number of para-hydroxylation sites is 1. The molecule has 2 nitrogen and oxygen atoms in total. The van der Waals surface area contributed by atoms with Crippen LogP contribution < -0.4 is 4.74 Å². The third kappa shape index (κ3) is 0.846. The van der Waals surface area contributed by atoms with Gasteiger partial charge in [0.25, 0.3) is 0 Å². The van der Waals surface area contributed by atoms with Crippen LogP contribution in [0.2, 0.25) is 0 Å². The summed E-state index contributed by atoms with van der Waals surface area (Å²) in [5, 5.41) is 0. The van der Waals surface area contributed by atoms with E-state index in [4.69, 9.17) is 4.74 Å². The van der Waals surface area contributed by atoms with E-state index in [2.05, 4.69) is 0 Å². The van der Waals surface area contributed by atoms with Crippen LogP contribution in [0.15, 0.2) is 24.3 Å². The van der Waals surface area contributed by atoms with Crippen molar-refractivity contribution in [1.82, 2.24) is 0 Å². The maximum absolute atomic E-state index is 10.3. The molecule has 0 N–H and O–H groups in total. The van der Waals surface area contributed by atoms with Crippen LogP contribution in [0.1, 0.15) is 5.56 Å². The van der Waals surface area contributed by atoms with Crippen molar-refractivity contribution in [2.45, 2.75) is 0 Å². The molecule has 0 saturated carbocycles. The van der Waals surface area contributed by atoms with E-state index in [1.807, 2.05) is 30.2 Å². The van der Waals surface area contributed by atoms with Crippen LogP contribution in [0.5, 0.6) is 5.75 Å². The minimum atomic E-state index is 0.364. The molecule has 0 bridgehead atoms. The van der Waals surface area contributed by atoms with Gasteiger partial charge in [0, 0.05) is 5.56 Å². The molecule has 1 aliphatic heterocycles. The van der Waals surface area contributed by atoms with Crippen LogP contribution in [-0.4, -0.2) is 12.5 Å². The largest absolute Gasteiger partial charge is 0.487 e. The number of hydrogen-bond donors (Lipinski definition) is 0. The van der Waals surface area contributed by atoms with Gasteiger partial charge in [0.1, 0.15) is 18.3 Å². The first-order valence-corrected chi connectivity index (χ1v) is 3.38. The molecule has 1 aliphatic rings. The minimum Gasteiger partial charge on any atom is -0.487 e. The molecular weight excluding hydrogens is 140 g/mol. The molecule has 0 radical (unpaired) electrons. The molecule has 2 heteroatoms. The smallest absolute Gasteiger partial charge is 0.132 e. The second kappa shape index (κ2) is 2.26. The van der Waals surface area contributed by atoms with E-state index in [-0.39, 0.29) is 0 Å². The SMILES string of the molecule is O=C=C1COc2ccccc21. The summed E-state index contributed by atoms with van der Waals surface area (Å²) in [6.07, 6.45) is 0. The number of carbonyl (C=O) groups excluding carboxylic acids is 1. The second-order valence-corrected chi connectivity index (χ2v) is 2.37. The van der Waals surface area contributed by atoms with Gasteiger partial charge < -0.3 is 4.74 Å². The molecule has 0 aliphatic carbocycles. The van der Waals surface area contributed by atoms with Crippen molar-refractivity contribution in [3.63, 3.8) is 0 Å². The molecule has 0 atom stereocenters. The third-order valence-corrected chi connectivity index (χ3v) is 1.71. The normalized spacial score (nSPS) is 13.6. The molecule has 0 saturated heterocycles. The highest BCUT2D eigenvalue weighted by molar-refractivity contribution is 5.92. The zero-order valence-corrected chi connectivity index (χ0v) is 5.83. The molecule has 1 aromatic rings. The van der Waals surface area contributed by atoms with Gasteiger partial charge in [-0.2, -0.15) is 0 Å². The first-order chi connectivity index (χ1) is 5.42. The zero-order chi connectivity index (χ0) is 7.68. The van der Waals surface area contributed by atoms with E-state index in [1.165, 1.54) is 0 Å². The highest BCUT2D eigenvalue weighted by atomic mass is 16.5. The van der Waals surface area contributed by atoms with Gasteiger partial charge in [-0.25, -0.2) is 4.79 Å². The van der Waals surface area contributed by atoms with E-state index in [0.29, 0.717) is 12.2 Å². The molecular formula is C9H6O2. The lowest BCUT2D eigenvalue weighted by Gasteiger charge is -1.92. The fourth-order valence-corrected chi connectivity index (χ4v) is 1.15. The molecule has 0 fully saturated rings. The van der Waals surface area contributed by atoms with Gasteiger partial charge in [0.05, 0.1) is 5.57 Å². The fourth-order valence-electron chi connectivity index (χ4n) is 1.15. The molecule has 1 aromatic carbocycles. The maximum atomic E-state index is 10.3. The van der Waals surface area contributed by atoms with E-state index in [9.17, 15) is 4.79 Å². The van der Waals surface area contributed by atoms with Crippen molar-refractivity contribution in [3.05, 3.63) is 29.8 Å². The Morgan fingerprint density at radius 1 is 1.36 bits per heavy atom. The Bertz CT molecular complexity index is 335. The Hall–Kier alpha value is -1.53. The van der Waals surface area contributed by atoms with E-state index in [0.717, 1.165) is 11.3 Å². The molecule has 0 aromatic heterocycles. The summed E-state index contributed by atoms with van der Waals surface area (Å²) in [7, 11) is 0. The van der Waals surface area contributed by atoms with Crippen molar-refractivity contribution in [2.24, 2.45) is 0 Å². The van der Waals surface area contributed by atoms with Gasteiger partial charge in [-0.05, 0) is 6.07 Å². The lowest BCUT2D eigenvalue weighted by atomic mass is 10.1. The summed E-state index contributed by atoms with van der Waals surface area (Å²) in [6.45, 7) is 0.364. The summed E-state index contributed by atoms with van der Waals surface area (Å²) in [5.74, 6) is 2.64. The Balaban J connectivity index is 2.64. The van der Waals surface area contributed by atoms with Crippen LogP contribution in [0.3, 0.4) is 0 Å². The molecule has 0 amide bonds. The molecule has 11 heavy (non-hydrogen) atoms. The highest BCUT2D eigenvalue weighted by Gasteiger charge is 2.16. The number of benzene rings is 1. The lowest BCUT2D eigenvalue weighted by molar-refractivity contribution is 0.388. The summed E-state index contributed by atoms with van der Waals surface area (Å²) in [6, 6.07) is 7.47. The quantitative estimate of drug-likeness (QED) is 0.515. The fraction of sp³-hybridized carbons (Fsp3) is 0.111. The zero-order valence-electron chi connectivity index (χ0n) is 5.83. The number of rotatable bonds is 0. The number of fused-ring (bicyclic) bond motifs is 1. The Morgan fingerprint density at radius 3 is 3.00 bits per heavy atom. The molecule has 0 spiro atoms. The lowest BCUT2D eigenvalue weighted by Crippen LogP contribution is -1.86. The predicted octanol–water partition coefficient (Wildman–Crippen LogP) is 1.29. The molecule has 0 unspecified atom stereocenters. The molecule has 54 valence electrons. The summed E-state index contributed by atoms with van der Waals surface area (Å²) in [4.78, 5) is 10.3. The highest BCUT2D eigenvalue weighted by Crippen LogP contribution is 2.30. The summed E-state index contributed by atoms with van der Waals surface area (Å²) < 4.78 is 5.20. The maximum Gasteiger partial charge on any atom is 0.132 e. The number of ether oxygens (including phenoxy) is 1. The molecule has 2 rings (SSSR count). The van der Waals surface area contributed by atoms with Crippen molar-refractivity contribution in [3.8, 4) is 5.75 Å². The monoisotopic (exact) mass is 146 g/mol. The van der Waals surface area contributed by atoms with E-state index < -0.39 is 0 Å². The first-order valence-electron chi connectivity index (χ1n) is 3.38. The Kier molecular flexibility index (Phi) is 1.27. The topological polar surface area (TPSA) is 26.3 Å². The van der Waals surface area contributed by atoms with Crippen LogP contribution >= 0.6 is 0 Å². The predicted molar refractivity (Wildman–Crippen MR) is 41.0 cm³/mol. The van der Waals surface area contributed by atoms with Crippen LogP contribution in [0, 0.1) is 0 Å². The van der Waals surface area contributed by atoms with Crippen molar-refractivity contribution in [2.75, 3.05) is 6.61 Å². The average molecular weight is 146 g/mol. The average Bonchev–Trinajstić information content (AvgIpc) is 2.47. The van der Waals surface area contributed by atoms with Gasteiger partial charge in [-0.1, -0.05) is 18.2 Å². The minimum absolute atomic E-state index is 0.364. The van der Waals surface area contributed by atoms with Crippen LogP contribution in [-0.2, 0) is 4.79 Å². The van der Waals surface area contributed by atoms with E-state index >= 15 is 0 Å².